The van der Waals surface area contributed by atoms with Crippen molar-refractivity contribution in [3.63, 3.8) is 0 Å². The highest BCUT2D eigenvalue weighted by Crippen LogP contribution is 2.38. The Morgan fingerprint density at radius 1 is 1.00 bits per heavy atom. The molecule has 0 N–H and O–H groups in total. The van der Waals surface area contributed by atoms with Gasteiger partial charge in [-0.3, -0.25) is 9.59 Å². The molecule has 4 aliphatic rings. The Labute approximate surface area is 166 Å². The summed E-state index contributed by atoms with van der Waals surface area (Å²) in [5, 5.41) is 0.906. The van der Waals surface area contributed by atoms with E-state index in [1.54, 1.807) is 6.20 Å². The van der Waals surface area contributed by atoms with Crippen LogP contribution in [0.2, 0.25) is 0 Å². The molecular formula is C20H21N3O4S. The van der Waals surface area contributed by atoms with Crippen molar-refractivity contribution in [3.05, 3.63) is 28.3 Å². The fraction of sp³-hybridized carbons (Fsp3) is 0.550. The van der Waals surface area contributed by atoms with Crippen molar-refractivity contribution < 1.29 is 19.1 Å². The van der Waals surface area contributed by atoms with E-state index in [9.17, 15) is 9.59 Å². The van der Waals surface area contributed by atoms with Gasteiger partial charge in [-0.2, -0.15) is 0 Å². The predicted molar refractivity (Wildman–Crippen MR) is 103 cm³/mol. The third-order valence-corrected chi connectivity index (χ3v) is 7.81. The number of hydrogen-bond acceptors (Lipinski definition) is 6. The van der Waals surface area contributed by atoms with E-state index in [4.69, 9.17) is 9.47 Å². The Hall–Kier alpha value is -2.03. The number of pyridine rings is 1. The lowest BCUT2D eigenvalue weighted by Crippen LogP contribution is -2.65. The molecule has 6 rings (SSSR count). The normalized spacial score (nSPS) is 30.8. The minimum Gasteiger partial charge on any atom is -0.377 e. The summed E-state index contributed by atoms with van der Waals surface area (Å²) < 4.78 is 11.0. The summed E-state index contributed by atoms with van der Waals surface area (Å²) in [6, 6.07) is 2.69. The first-order valence-electron chi connectivity index (χ1n) is 9.82. The minimum atomic E-state index is 0.0202. The first-order chi connectivity index (χ1) is 13.6. The van der Waals surface area contributed by atoms with Gasteiger partial charge in [0.2, 0.25) is 0 Å². The molecule has 0 saturated carbocycles. The smallest absolute Gasteiger partial charge is 0.264 e. The van der Waals surface area contributed by atoms with Gasteiger partial charge in [-0.1, -0.05) is 0 Å². The molecule has 2 amide bonds. The van der Waals surface area contributed by atoms with Gasteiger partial charge in [-0.05, 0) is 31.4 Å². The summed E-state index contributed by atoms with van der Waals surface area (Å²) >= 11 is 1.43. The van der Waals surface area contributed by atoms with Crippen molar-refractivity contribution in [2.75, 3.05) is 26.4 Å². The van der Waals surface area contributed by atoms with Crippen molar-refractivity contribution in [2.24, 2.45) is 0 Å². The largest absolute Gasteiger partial charge is 0.377 e. The van der Waals surface area contributed by atoms with Crippen LogP contribution in [0.4, 0.5) is 0 Å². The maximum absolute atomic E-state index is 13.1. The van der Waals surface area contributed by atoms with E-state index in [2.05, 4.69) is 4.98 Å². The number of hydrogen-bond donors (Lipinski definition) is 0. The lowest BCUT2D eigenvalue weighted by Gasteiger charge is -2.52. The van der Waals surface area contributed by atoms with Gasteiger partial charge in [0.05, 0.1) is 61.0 Å². The third-order valence-electron chi connectivity index (χ3n) is 6.61. The van der Waals surface area contributed by atoms with Crippen LogP contribution < -0.4 is 0 Å². The van der Waals surface area contributed by atoms with E-state index >= 15 is 0 Å². The van der Waals surface area contributed by atoms with Crippen molar-refractivity contribution in [3.8, 4) is 0 Å². The number of aromatic nitrogens is 1. The molecule has 0 radical (unpaired) electrons. The molecule has 6 heterocycles. The number of morpholine rings is 2. The molecule has 146 valence electrons. The van der Waals surface area contributed by atoms with Gasteiger partial charge < -0.3 is 19.3 Å². The molecular weight excluding hydrogens is 378 g/mol. The maximum atomic E-state index is 13.1. The van der Waals surface area contributed by atoms with Crippen LogP contribution in [0.3, 0.4) is 0 Å². The minimum absolute atomic E-state index is 0.0202. The van der Waals surface area contributed by atoms with Crippen LogP contribution in [-0.4, -0.2) is 77.2 Å². The zero-order valence-electron chi connectivity index (χ0n) is 15.6. The number of nitrogens with zero attached hydrogens (tertiary/aromatic N) is 3. The SMILES string of the molecule is Cc1c(C(=O)N2C3COCC2C3)sc2ncc(C(=O)N3C4COCC3C4)cc12. The highest BCUT2D eigenvalue weighted by molar-refractivity contribution is 7.20. The first kappa shape index (κ1) is 16.9. The lowest BCUT2D eigenvalue weighted by atomic mass is 9.90. The third kappa shape index (κ3) is 2.25. The van der Waals surface area contributed by atoms with Gasteiger partial charge in [-0.25, -0.2) is 4.98 Å². The summed E-state index contributed by atoms with van der Waals surface area (Å²) in [5.74, 6) is 0.0965. The summed E-state index contributed by atoms with van der Waals surface area (Å²) in [6.45, 7) is 4.46. The zero-order valence-corrected chi connectivity index (χ0v) is 16.4. The first-order valence-corrected chi connectivity index (χ1v) is 10.6. The summed E-state index contributed by atoms with van der Waals surface area (Å²) in [7, 11) is 0. The number of amides is 2. The van der Waals surface area contributed by atoms with E-state index in [1.807, 2.05) is 22.8 Å². The second-order valence-corrected chi connectivity index (χ2v) is 9.22. The Morgan fingerprint density at radius 3 is 2.14 bits per heavy atom. The van der Waals surface area contributed by atoms with E-state index in [1.165, 1.54) is 11.3 Å². The van der Waals surface area contributed by atoms with Crippen LogP contribution in [0.5, 0.6) is 0 Å². The average molecular weight is 399 g/mol. The average Bonchev–Trinajstić information content (AvgIpc) is 3.05. The fourth-order valence-corrected chi connectivity index (χ4v) is 6.10. The summed E-state index contributed by atoms with van der Waals surface area (Å²) in [5.41, 5.74) is 1.52. The molecule has 4 aliphatic heterocycles. The molecule has 4 atom stereocenters. The summed E-state index contributed by atoms with van der Waals surface area (Å²) in [6.07, 6.45) is 3.71. The Morgan fingerprint density at radius 2 is 1.57 bits per heavy atom. The molecule has 0 spiro atoms. The van der Waals surface area contributed by atoms with Crippen LogP contribution in [-0.2, 0) is 9.47 Å². The number of carbonyl (C=O) groups is 2. The van der Waals surface area contributed by atoms with Crippen molar-refractivity contribution in [2.45, 2.75) is 43.9 Å². The van der Waals surface area contributed by atoms with Gasteiger partial charge in [0, 0.05) is 11.6 Å². The molecule has 2 aromatic rings. The molecule has 0 aromatic carbocycles. The van der Waals surface area contributed by atoms with Gasteiger partial charge in [0.25, 0.3) is 11.8 Å². The Kier molecular flexibility index (Phi) is 3.61. The molecule has 4 saturated heterocycles. The van der Waals surface area contributed by atoms with Gasteiger partial charge >= 0.3 is 0 Å². The molecule has 4 fully saturated rings. The zero-order chi connectivity index (χ0) is 19.0. The molecule has 28 heavy (non-hydrogen) atoms. The van der Waals surface area contributed by atoms with E-state index in [0.717, 1.165) is 33.5 Å². The highest BCUT2D eigenvalue weighted by atomic mass is 32.1. The standard InChI is InChI=1S/C20H21N3O4S/c1-10-16-2-11(19(24)22-12-3-13(22)7-26-6-12)5-21-18(16)28-17(10)20(25)23-14-4-15(23)9-27-8-14/h2,5,12-15H,3-4,6-9H2,1H3. The number of thiophene rings is 1. The number of rotatable bonds is 2. The molecule has 7 nitrogen and oxygen atoms in total. The Bertz CT molecular complexity index is 977. The van der Waals surface area contributed by atoms with Crippen molar-refractivity contribution >= 4 is 33.4 Å². The van der Waals surface area contributed by atoms with Crippen molar-refractivity contribution in [1.29, 1.82) is 0 Å². The van der Waals surface area contributed by atoms with E-state index in [0.29, 0.717) is 32.0 Å². The molecule has 8 heteroatoms. The second-order valence-electron chi connectivity index (χ2n) is 8.22. The summed E-state index contributed by atoms with van der Waals surface area (Å²) in [4.78, 5) is 36.1. The fourth-order valence-electron chi connectivity index (χ4n) is 5.02. The van der Waals surface area contributed by atoms with Crippen LogP contribution >= 0.6 is 11.3 Å². The monoisotopic (exact) mass is 399 g/mol. The van der Waals surface area contributed by atoms with Crippen LogP contribution in [0.15, 0.2) is 12.3 Å². The second kappa shape index (κ2) is 5.98. The van der Waals surface area contributed by atoms with Crippen LogP contribution in [0.1, 0.15) is 38.4 Å². The molecule has 4 unspecified atom stereocenters. The van der Waals surface area contributed by atoms with E-state index in [-0.39, 0.29) is 36.0 Å². The molecule has 4 bridgehead atoms. The number of ether oxygens (including phenoxy) is 2. The van der Waals surface area contributed by atoms with Crippen LogP contribution in [0, 0.1) is 6.92 Å². The van der Waals surface area contributed by atoms with Crippen LogP contribution in [0.25, 0.3) is 10.2 Å². The maximum Gasteiger partial charge on any atom is 0.264 e. The topological polar surface area (TPSA) is 72.0 Å². The number of aryl methyl sites for hydroxylation is 1. The highest BCUT2D eigenvalue weighted by Gasteiger charge is 2.47. The molecule has 0 aliphatic carbocycles. The lowest BCUT2D eigenvalue weighted by molar-refractivity contribution is -0.104. The quantitative estimate of drug-likeness (QED) is 0.771. The van der Waals surface area contributed by atoms with E-state index < -0.39 is 0 Å². The molecule has 2 aromatic heterocycles. The van der Waals surface area contributed by atoms with Crippen molar-refractivity contribution in [1.82, 2.24) is 14.8 Å². The number of fused-ring (bicyclic) bond motifs is 5. The van der Waals surface area contributed by atoms with Gasteiger partial charge in [0.1, 0.15) is 4.83 Å². The van der Waals surface area contributed by atoms with Gasteiger partial charge in [-0.15, -0.1) is 11.3 Å². The Balaban J connectivity index is 1.31. The van der Waals surface area contributed by atoms with Gasteiger partial charge in [0.15, 0.2) is 0 Å². The predicted octanol–water partition coefficient (Wildman–Crippen LogP) is 1.83. The number of carbonyl (C=O) groups excluding carboxylic acids is 2.